The van der Waals surface area contributed by atoms with Crippen LogP contribution in [-0.2, 0) is 0 Å². The minimum atomic E-state index is -0.587. The number of ether oxygens (including phenoxy) is 1. The van der Waals surface area contributed by atoms with Crippen LogP contribution in [0.1, 0.15) is 10.4 Å². The molecule has 21 heavy (non-hydrogen) atoms. The van der Waals surface area contributed by atoms with Gasteiger partial charge in [-0.3, -0.25) is 9.78 Å². The van der Waals surface area contributed by atoms with E-state index >= 15 is 0 Å². The van der Waals surface area contributed by atoms with Crippen molar-refractivity contribution >= 4 is 22.5 Å². The summed E-state index contributed by atoms with van der Waals surface area (Å²) in [5.74, 6) is 0.386. The standard InChI is InChI=1S/C16H13N3O2/c17-10-6-7-15(12(9-10)16(18)20)21-14-5-1-4-13-11(14)3-2-8-19-13/h1-9H,17H2,(H2,18,20). The fourth-order valence-corrected chi connectivity index (χ4v) is 2.11. The molecule has 0 atom stereocenters. The molecule has 1 aromatic heterocycles. The highest BCUT2D eigenvalue weighted by molar-refractivity contribution is 5.97. The van der Waals surface area contributed by atoms with E-state index < -0.39 is 5.91 Å². The van der Waals surface area contributed by atoms with Crippen LogP contribution in [0.5, 0.6) is 11.5 Å². The predicted molar refractivity (Wildman–Crippen MR) is 81.2 cm³/mol. The molecule has 5 nitrogen and oxygen atoms in total. The molecule has 1 heterocycles. The number of nitrogens with two attached hydrogens (primary N) is 2. The maximum Gasteiger partial charge on any atom is 0.252 e. The number of carbonyl (C=O) groups is 1. The zero-order valence-electron chi connectivity index (χ0n) is 11.1. The summed E-state index contributed by atoms with van der Waals surface area (Å²) >= 11 is 0. The number of amides is 1. The summed E-state index contributed by atoms with van der Waals surface area (Å²) < 4.78 is 5.84. The van der Waals surface area contributed by atoms with Gasteiger partial charge in [0.05, 0.1) is 11.1 Å². The highest BCUT2D eigenvalue weighted by atomic mass is 16.5. The lowest BCUT2D eigenvalue weighted by molar-refractivity contribution is 0.0998. The Morgan fingerprint density at radius 2 is 1.90 bits per heavy atom. The molecule has 0 bridgehead atoms. The van der Waals surface area contributed by atoms with E-state index in [2.05, 4.69) is 4.98 Å². The lowest BCUT2D eigenvalue weighted by atomic mass is 10.1. The maximum absolute atomic E-state index is 11.5. The minimum absolute atomic E-state index is 0.246. The van der Waals surface area contributed by atoms with Gasteiger partial charge in [-0.05, 0) is 42.5 Å². The highest BCUT2D eigenvalue weighted by Crippen LogP contribution is 2.31. The van der Waals surface area contributed by atoms with Crippen LogP contribution in [0.3, 0.4) is 0 Å². The molecule has 0 fully saturated rings. The van der Waals surface area contributed by atoms with Gasteiger partial charge in [-0.2, -0.15) is 0 Å². The molecule has 3 rings (SSSR count). The van der Waals surface area contributed by atoms with Gasteiger partial charge in [0.2, 0.25) is 0 Å². The molecule has 2 aromatic carbocycles. The molecule has 4 N–H and O–H groups in total. The Labute approximate surface area is 121 Å². The van der Waals surface area contributed by atoms with Crippen LogP contribution in [0, 0.1) is 0 Å². The summed E-state index contributed by atoms with van der Waals surface area (Å²) in [5, 5.41) is 0.854. The number of anilines is 1. The lowest BCUT2D eigenvalue weighted by Gasteiger charge is -2.11. The van der Waals surface area contributed by atoms with Crippen LogP contribution < -0.4 is 16.2 Å². The Hall–Kier alpha value is -3.08. The number of benzene rings is 2. The number of pyridine rings is 1. The Morgan fingerprint density at radius 3 is 2.71 bits per heavy atom. The summed E-state index contributed by atoms with van der Waals surface area (Å²) in [6.07, 6.45) is 1.71. The smallest absolute Gasteiger partial charge is 0.252 e. The third kappa shape index (κ3) is 2.49. The van der Waals surface area contributed by atoms with E-state index in [1.54, 1.807) is 18.3 Å². The molecule has 0 saturated carbocycles. The van der Waals surface area contributed by atoms with Gasteiger partial charge in [0.15, 0.2) is 0 Å². The van der Waals surface area contributed by atoms with Gasteiger partial charge in [0.25, 0.3) is 5.91 Å². The molecule has 0 aliphatic rings. The van der Waals surface area contributed by atoms with Gasteiger partial charge >= 0.3 is 0 Å². The fraction of sp³-hybridized carbons (Fsp3) is 0. The van der Waals surface area contributed by atoms with Crippen molar-refractivity contribution in [2.24, 2.45) is 5.73 Å². The topological polar surface area (TPSA) is 91.2 Å². The summed E-state index contributed by atoms with van der Waals surface area (Å²) in [5.41, 5.74) is 12.6. The second-order valence-corrected chi connectivity index (χ2v) is 4.55. The fourth-order valence-electron chi connectivity index (χ4n) is 2.11. The van der Waals surface area contributed by atoms with E-state index in [9.17, 15) is 4.79 Å². The average Bonchev–Trinajstić information content (AvgIpc) is 2.49. The number of hydrogen-bond donors (Lipinski definition) is 2. The molecule has 104 valence electrons. The van der Waals surface area contributed by atoms with Crippen LogP contribution in [0.4, 0.5) is 5.69 Å². The molecule has 1 amide bonds. The van der Waals surface area contributed by atoms with E-state index in [1.807, 2.05) is 30.3 Å². The second kappa shape index (κ2) is 5.13. The summed E-state index contributed by atoms with van der Waals surface area (Å²) in [7, 11) is 0. The molecule has 0 radical (unpaired) electrons. The van der Waals surface area contributed by atoms with Gasteiger partial charge < -0.3 is 16.2 Å². The van der Waals surface area contributed by atoms with Gasteiger partial charge in [-0.15, -0.1) is 0 Å². The first kappa shape index (κ1) is 12.9. The van der Waals surface area contributed by atoms with Gasteiger partial charge in [-0.25, -0.2) is 0 Å². The number of carbonyl (C=O) groups excluding carboxylic acids is 1. The second-order valence-electron chi connectivity index (χ2n) is 4.55. The zero-order valence-corrected chi connectivity index (χ0v) is 11.1. The Balaban J connectivity index is 2.09. The largest absolute Gasteiger partial charge is 0.456 e. The first-order valence-corrected chi connectivity index (χ1v) is 6.36. The van der Waals surface area contributed by atoms with Crippen molar-refractivity contribution in [3.8, 4) is 11.5 Å². The Morgan fingerprint density at radius 1 is 1.05 bits per heavy atom. The van der Waals surface area contributed by atoms with Gasteiger partial charge in [0, 0.05) is 17.3 Å². The average molecular weight is 279 g/mol. The first-order valence-electron chi connectivity index (χ1n) is 6.36. The third-order valence-corrected chi connectivity index (χ3v) is 3.09. The third-order valence-electron chi connectivity index (χ3n) is 3.09. The summed E-state index contributed by atoms with van der Waals surface area (Å²) in [6, 6.07) is 14.1. The number of nitrogens with zero attached hydrogens (tertiary/aromatic N) is 1. The molecule has 0 aliphatic heterocycles. The van der Waals surface area contributed by atoms with Crippen molar-refractivity contribution in [1.29, 1.82) is 0 Å². The molecular weight excluding hydrogens is 266 g/mol. The quantitative estimate of drug-likeness (QED) is 0.721. The van der Waals surface area contributed by atoms with Crippen molar-refractivity contribution in [1.82, 2.24) is 4.98 Å². The maximum atomic E-state index is 11.5. The number of rotatable bonds is 3. The monoisotopic (exact) mass is 279 g/mol. The minimum Gasteiger partial charge on any atom is -0.456 e. The molecule has 5 heteroatoms. The van der Waals surface area contributed by atoms with Crippen LogP contribution >= 0.6 is 0 Å². The normalized spacial score (nSPS) is 10.5. The lowest BCUT2D eigenvalue weighted by Crippen LogP contribution is -2.12. The van der Waals surface area contributed by atoms with Crippen molar-refractivity contribution in [3.63, 3.8) is 0 Å². The van der Waals surface area contributed by atoms with Gasteiger partial charge in [-0.1, -0.05) is 6.07 Å². The number of hydrogen-bond acceptors (Lipinski definition) is 4. The van der Waals surface area contributed by atoms with Crippen molar-refractivity contribution in [2.75, 3.05) is 5.73 Å². The SMILES string of the molecule is NC(=O)c1cc(N)ccc1Oc1cccc2ncccc12. The molecule has 0 unspecified atom stereocenters. The molecule has 0 spiro atoms. The Kier molecular flexibility index (Phi) is 3.16. The van der Waals surface area contributed by atoms with E-state index in [-0.39, 0.29) is 5.56 Å². The number of nitrogen functional groups attached to an aromatic ring is 1. The van der Waals surface area contributed by atoms with Crippen LogP contribution in [0.25, 0.3) is 10.9 Å². The summed E-state index contributed by atoms with van der Waals surface area (Å²) in [4.78, 5) is 15.8. The number of primary amides is 1. The molecular formula is C16H13N3O2. The number of aromatic nitrogens is 1. The summed E-state index contributed by atoms with van der Waals surface area (Å²) in [6.45, 7) is 0. The predicted octanol–water partition coefficient (Wildman–Crippen LogP) is 2.71. The van der Waals surface area contributed by atoms with Crippen molar-refractivity contribution in [3.05, 3.63) is 60.3 Å². The van der Waals surface area contributed by atoms with Crippen LogP contribution in [0.15, 0.2) is 54.7 Å². The van der Waals surface area contributed by atoms with Gasteiger partial charge in [0.1, 0.15) is 11.5 Å². The van der Waals surface area contributed by atoms with Crippen molar-refractivity contribution in [2.45, 2.75) is 0 Å². The number of fused-ring (bicyclic) bond motifs is 1. The van der Waals surface area contributed by atoms with E-state index in [1.165, 1.54) is 6.07 Å². The molecule has 0 saturated heterocycles. The van der Waals surface area contributed by atoms with E-state index in [4.69, 9.17) is 16.2 Å². The first-order chi connectivity index (χ1) is 10.1. The molecule has 3 aromatic rings. The molecule has 0 aliphatic carbocycles. The van der Waals surface area contributed by atoms with E-state index in [0.29, 0.717) is 17.2 Å². The zero-order chi connectivity index (χ0) is 14.8. The Bertz CT molecular complexity index is 825. The van der Waals surface area contributed by atoms with E-state index in [0.717, 1.165) is 10.9 Å². The highest BCUT2D eigenvalue weighted by Gasteiger charge is 2.12. The van der Waals surface area contributed by atoms with Crippen LogP contribution in [-0.4, -0.2) is 10.9 Å². The van der Waals surface area contributed by atoms with Crippen LogP contribution in [0.2, 0.25) is 0 Å². The van der Waals surface area contributed by atoms with Crippen molar-refractivity contribution < 1.29 is 9.53 Å².